The van der Waals surface area contributed by atoms with Crippen molar-refractivity contribution >= 4 is 33.3 Å². The zero-order valence-electron chi connectivity index (χ0n) is 13.5. The number of nitrogens with one attached hydrogen (secondary N) is 1. The zero-order valence-corrected chi connectivity index (χ0v) is 15.1. The van der Waals surface area contributed by atoms with Gasteiger partial charge in [0.1, 0.15) is 0 Å². The molecule has 0 aliphatic carbocycles. The van der Waals surface area contributed by atoms with Crippen LogP contribution in [0.4, 0.5) is 5.69 Å². The molecule has 6 nitrogen and oxygen atoms in total. The van der Waals surface area contributed by atoms with E-state index >= 15 is 0 Å². The Labute approximate surface area is 153 Å². The Hall–Kier alpha value is -2.54. The first-order valence-electron chi connectivity index (χ1n) is 7.66. The van der Waals surface area contributed by atoms with Crippen LogP contribution in [0.2, 0.25) is 0 Å². The maximum absolute atomic E-state index is 12.5. The summed E-state index contributed by atoms with van der Waals surface area (Å²) >= 11 is 3.32. The van der Waals surface area contributed by atoms with Gasteiger partial charge in [-0.1, -0.05) is 53.2 Å². The average molecular weight is 405 g/mol. The maximum Gasteiger partial charge on any atom is 0.292 e. The molecule has 0 unspecified atom stereocenters. The molecule has 130 valence electrons. The maximum atomic E-state index is 12.5. The number of Topliss-reactive ketones (excluding diaryl/α,β-unsaturated/α-hetero) is 1. The Morgan fingerprint density at radius 2 is 1.84 bits per heavy atom. The molecule has 0 aromatic heterocycles. The lowest BCUT2D eigenvalue weighted by Gasteiger charge is -2.20. The van der Waals surface area contributed by atoms with Crippen molar-refractivity contribution in [1.82, 2.24) is 0 Å². The van der Waals surface area contributed by atoms with E-state index in [9.17, 15) is 19.7 Å². The largest absolute Gasteiger partial charge is 0.319 e. The first-order chi connectivity index (χ1) is 11.9. The van der Waals surface area contributed by atoms with Gasteiger partial charge < -0.3 is 5.32 Å². The number of nitro groups is 1. The van der Waals surface area contributed by atoms with Crippen molar-refractivity contribution in [2.24, 2.45) is 5.92 Å². The van der Waals surface area contributed by atoms with Crippen LogP contribution < -0.4 is 5.32 Å². The normalized spacial score (nSPS) is 12.9. The molecule has 0 heterocycles. The van der Waals surface area contributed by atoms with Gasteiger partial charge in [-0.25, -0.2) is 0 Å². The van der Waals surface area contributed by atoms with Gasteiger partial charge in [-0.05, 0) is 29.8 Å². The highest BCUT2D eigenvalue weighted by Gasteiger charge is 2.33. The SMILES string of the molecule is C[C@@H](C(=O)C(=O)Nc1ccccc1)[C@H](C[N+](=O)[O-])c1cccc(Br)c1. The van der Waals surface area contributed by atoms with Crippen LogP contribution in [0, 0.1) is 16.0 Å². The molecule has 2 atom stereocenters. The number of carbonyl (C=O) groups is 2. The summed E-state index contributed by atoms with van der Waals surface area (Å²) in [6, 6.07) is 15.6. The zero-order chi connectivity index (χ0) is 18.4. The summed E-state index contributed by atoms with van der Waals surface area (Å²) in [6.45, 7) is 1.12. The predicted octanol–water partition coefficient (Wildman–Crippen LogP) is 3.65. The highest BCUT2D eigenvalue weighted by molar-refractivity contribution is 9.10. The number of carbonyl (C=O) groups excluding carboxylic acids is 2. The quantitative estimate of drug-likeness (QED) is 0.433. The van der Waals surface area contributed by atoms with Gasteiger partial charge >= 0.3 is 0 Å². The van der Waals surface area contributed by atoms with E-state index in [0.717, 1.165) is 4.47 Å². The number of anilines is 1. The first-order valence-corrected chi connectivity index (χ1v) is 8.45. The molecule has 0 radical (unpaired) electrons. The fraction of sp³-hybridized carbons (Fsp3) is 0.222. The van der Waals surface area contributed by atoms with Crippen LogP contribution in [0.3, 0.4) is 0 Å². The molecule has 1 N–H and O–H groups in total. The van der Waals surface area contributed by atoms with Crippen LogP contribution in [0.5, 0.6) is 0 Å². The molecule has 2 aromatic rings. The van der Waals surface area contributed by atoms with Crippen LogP contribution in [0.25, 0.3) is 0 Å². The van der Waals surface area contributed by atoms with Crippen molar-refractivity contribution in [2.75, 3.05) is 11.9 Å². The number of rotatable bonds is 7. The van der Waals surface area contributed by atoms with Crippen LogP contribution in [0.15, 0.2) is 59.1 Å². The van der Waals surface area contributed by atoms with Gasteiger partial charge in [0.2, 0.25) is 12.3 Å². The Kier molecular flexibility index (Phi) is 6.41. The standard InChI is InChI=1S/C18H17BrN2O4/c1-12(17(22)18(23)20-15-8-3-2-4-9-15)16(11-21(24)25)13-6-5-7-14(19)10-13/h2-10,12,16H,11H2,1H3,(H,20,23)/t12-,16+/m1/s1. The van der Waals surface area contributed by atoms with Crippen LogP contribution in [-0.2, 0) is 9.59 Å². The molecule has 7 heteroatoms. The van der Waals surface area contributed by atoms with Gasteiger partial charge in [-0.2, -0.15) is 0 Å². The summed E-state index contributed by atoms with van der Waals surface area (Å²) in [6.07, 6.45) is 0. The molecule has 0 saturated heterocycles. The molecule has 0 bridgehead atoms. The second-order valence-corrected chi connectivity index (χ2v) is 6.57. The molecule has 0 aliphatic heterocycles. The van der Waals surface area contributed by atoms with E-state index in [2.05, 4.69) is 21.2 Å². The van der Waals surface area contributed by atoms with E-state index in [-0.39, 0.29) is 0 Å². The number of hydrogen-bond acceptors (Lipinski definition) is 4. The van der Waals surface area contributed by atoms with Gasteiger partial charge in [-0.15, -0.1) is 0 Å². The second kappa shape index (κ2) is 8.53. The van der Waals surface area contributed by atoms with Crippen molar-refractivity contribution < 1.29 is 14.5 Å². The number of amides is 1. The van der Waals surface area contributed by atoms with Gasteiger partial charge in [0.05, 0.1) is 5.92 Å². The molecule has 1 amide bonds. The fourth-order valence-electron chi connectivity index (χ4n) is 2.55. The van der Waals surface area contributed by atoms with E-state index in [0.29, 0.717) is 11.3 Å². The minimum atomic E-state index is -0.830. The van der Waals surface area contributed by atoms with Crippen LogP contribution >= 0.6 is 15.9 Å². The van der Waals surface area contributed by atoms with Gasteiger partial charge in [0, 0.05) is 21.0 Å². The topological polar surface area (TPSA) is 89.3 Å². The molecule has 0 saturated carbocycles. The van der Waals surface area contributed by atoms with E-state index in [1.807, 2.05) is 0 Å². The van der Waals surface area contributed by atoms with E-state index in [1.165, 1.54) is 0 Å². The van der Waals surface area contributed by atoms with Crippen molar-refractivity contribution in [1.29, 1.82) is 0 Å². The molecule has 0 fully saturated rings. The van der Waals surface area contributed by atoms with E-state index in [1.54, 1.807) is 61.5 Å². The summed E-state index contributed by atoms with van der Waals surface area (Å²) in [5.74, 6) is -2.98. The molecule has 25 heavy (non-hydrogen) atoms. The summed E-state index contributed by atoms with van der Waals surface area (Å²) in [4.78, 5) is 35.3. The number of hydrogen-bond donors (Lipinski definition) is 1. The van der Waals surface area contributed by atoms with Crippen LogP contribution in [-0.4, -0.2) is 23.2 Å². The third-order valence-electron chi connectivity index (χ3n) is 3.90. The third kappa shape index (κ3) is 5.22. The Morgan fingerprint density at radius 1 is 1.16 bits per heavy atom. The van der Waals surface area contributed by atoms with Gasteiger partial charge in [0.25, 0.3) is 5.91 Å². The molecular weight excluding hydrogens is 388 g/mol. The Balaban J connectivity index is 2.20. The Morgan fingerprint density at radius 3 is 2.44 bits per heavy atom. The third-order valence-corrected chi connectivity index (χ3v) is 4.39. The van der Waals surface area contributed by atoms with E-state index in [4.69, 9.17) is 0 Å². The van der Waals surface area contributed by atoms with Crippen LogP contribution in [0.1, 0.15) is 18.4 Å². The smallest absolute Gasteiger partial charge is 0.292 e. The number of halogens is 1. The lowest BCUT2D eigenvalue weighted by atomic mass is 9.84. The number of ketones is 1. The summed E-state index contributed by atoms with van der Waals surface area (Å²) < 4.78 is 0.756. The van der Waals surface area contributed by atoms with Crippen molar-refractivity contribution in [2.45, 2.75) is 12.8 Å². The molecule has 2 aromatic carbocycles. The molecule has 0 aliphatic rings. The van der Waals surface area contributed by atoms with Gasteiger partial charge in [-0.3, -0.25) is 19.7 Å². The summed E-state index contributed by atoms with van der Waals surface area (Å²) in [5.41, 5.74) is 1.14. The molecule has 0 spiro atoms. The molecule has 2 rings (SSSR count). The fourth-order valence-corrected chi connectivity index (χ4v) is 2.97. The lowest BCUT2D eigenvalue weighted by Crippen LogP contribution is -2.33. The minimum Gasteiger partial charge on any atom is -0.319 e. The predicted molar refractivity (Wildman–Crippen MR) is 98.0 cm³/mol. The van der Waals surface area contributed by atoms with Crippen molar-refractivity contribution in [3.63, 3.8) is 0 Å². The highest BCUT2D eigenvalue weighted by Crippen LogP contribution is 2.28. The monoisotopic (exact) mass is 404 g/mol. The highest BCUT2D eigenvalue weighted by atomic mass is 79.9. The van der Waals surface area contributed by atoms with Crippen molar-refractivity contribution in [3.8, 4) is 0 Å². The lowest BCUT2D eigenvalue weighted by molar-refractivity contribution is -0.484. The number of nitrogens with zero attached hydrogens (tertiary/aromatic N) is 1. The first kappa shape index (κ1) is 18.8. The van der Waals surface area contributed by atoms with Crippen molar-refractivity contribution in [3.05, 3.63) is 74.7 Å². The number of benzene rings is 2. The number of para-hydroxylation sites is 1. The Bertz CT molecular complexity index is 780. The summed E-state index contributed by atoms with van der Waals surface area (Å²) in [7, 11) is 0. The average Bonchev–Trinajstić information content (AvgIpc) is 2.59. The molecular formula is C18H17BrN2O4. The summed E-state index contributed by atoms with van der Waals surface area (Å²) in [5, 5.41) is 13.6. The van der Waals surface area contributed by atoms with E-state index < -0.39 is 35.0 Å². The van der Waals surface area contributed by atoms with Gasteiger partial charge in [0.15, 0.2) is 0 Å². The second-order valence-electron chi connectivity index (χ2n) is 5.65. The minimum absolute atomic E-state index is 0.429.